The predicted octanol–water partition coefficient (Wildman–Crippen LogP) is 4.05. The number of anilines is 1. The van der Waals surface area contributed by atoms with E-state index in [1.54, 1.807) is 6.07 Å². The predicted molar refractivity (Wildman–Crippen MR) is 100 cm³/mol. The van der Waals surface area contributed by atoms with Gasteiger partial charge in [-0.15, -0.1) is 0 Å². The lowest BCUT2D eigenvalue weighted by molar-refractivity contribution is -0.137. The van der Waals surface area contributed by atoms with Gasteiger partial charge in [-0.05, 0) is 36.8 Å². The minimum atomic E-state index is -4.74. The molecular formula is C19H16F3N3O3S. The number of hydrogen-bond donors (Lipinski definition) is 2. The number of benzene rings is 2. The molecule has 2 N–H and O–H groups in total. The molecule has 0 fully saturated rings. The van der Waals surface area contributed by atoms with E-state index in [9.17, 15) is 26.4 Å². The van der Waals surface area contributed by atoms with Gasteiger partial charge >= 0.3 is 6.18 Å². The van der Waals surface area contributed by atoms with Crippen LogP contribution in [0.4, 0.5) is 18.9 Å². The van der Waals surface area contributed by atoms with E-state index < -0.39 is 33.4 Å². The average molecular weight is 423 g/mol. The van der Waals surface area contributed by atoms with Crippen molar-refractivity contribution in [1.82, 2.24) is 5.32 Å². The van der Waals surface area contributed by atoms with Gasteiger partial charge in [0.25, 0.3) is 15.9 Å². The molecule has 2 aromatic rings. The van der Waals surface area contributed by atoms with E-state index in [4.69, 9.17) is 5.26 Å². The van der Waals surface area contributed by atoms with Gasteiger partial charge in [-0.3, -0.25) is 9.52 Å². The molecule has 0 saturated heterocycles. The number of nitrogens with zero attached hydrogens (tertiary/aromatic N) is 1. The molecule has 29 heavy (non-hydrogen) atoms. The first-order valence-electron chi connectivity index (χ1n) is 8.20. The van der Waals surface area contributed by atoms with Gasteiger partial charge in [0.2, 0.25) is 0 Å². The van der Waals surface area contributed by atoms with Crippen LogP contribution < -0.4 is 10.0 Å². The van der Waals surface area contributed by atoms with E-state index >= 15 is 0 Å². The summed E-state index contributed by atoms with van der Waals surface area (Å²) in [5, 5.41) is 10.9. The van der Waals surface area contributed by atoms with Crippen LogP contribution in [0.1, 0.15) is 28.8 Å². The molecule has 0 aliphatic rings. The number of allylic oxidation sites excluding steroid dienone is 1. The molecule has 0 aromatic heterocycles. The monoisotopic (exact) mass is 423 g/mol. The lowest BCUT2D eigenvalue weighted by atomic mass is 10.1. The first-order valence-corrected chi connectivity index (χ1v) is 9.68. The summed E-state index contributed by atoms with van der Waals surface area (Å²) in [6.45, 7) is 3.56. The van der Waals surface area contributed by atoms with Crippen LogP contribution in [0.15, 0.2) is 65.7 Å². The third-order valence-electron chi connectivity index (χ3n) is 3.72. The molecule has 0 spiro atoms. The van der Waals surface area contributed by atoms with Crippen LogP contribution in [0.25, 0.3) is 0 Å². The maximum absolute atomic E-state index is 13.1. The maximum atomic E-state index is 13.1. The summed E-state index contributed by atoms with van der Waals surface area (Å²) >= 11 is 0. The van der Waals surface area contributed by atoms with Crippen molar-refractivity contribution in [2.75, 3.05) is 4.72 Å². The number of hydrogen-bond acceptors (Lipinski definition) is 4. The van der Waals surface area contributed by atoms with Crippen LogP contribution in [-0.2, 0) is 16.2 Å². The van der Waals surface area contributed by atoms with E-state index in [0.717, 1.165) is 6.07 Å². The Morgan fingerprint density at radius 3 is 2.38 bits per heavy atom. The Hall–Kier alpha value is -3.32. The van der Waals surface area contributed by atoms with Gasteiger partial charge in [0.1, 0.15) is 0 Å². The maximum Gasteiger partial charge on any atom is 0.416 e. The van der Waals surface area contributed by atoms with Crippen LogP contribution in [0.2, 0.25) is 0 Å². The normalized spacial score (nSPS) is 11.4. The number of nitrogens with one attached hydrogen (secondary N) is 2. The van der Waals surface area contributed by atoms with Crippen molar-refractivity contribution >= 4 is 21.6 Å². The number of carbonyl (C=O) groups is 1. The molecule has 152 valence electrons. The summed E-state index contributed by atoms with van der Waals surface area (Å²) in [5.41, 5.74) is -1.80. The minimum Gasteiger partial charge on any atom is -0.326 e. The molecule has 0 radical (unpaired) electrons. The van der Waals surface area contributed by atoms with Gasteiger partial charge in [-0.1, -0.05) is 24.8 Å². The molecule has 0 aliphatic carbocycles. The van der Waals surface area contributed by atoms with E-state index in [1.165, 1.54) is 24.3 Å². The van der Waals surface area contributed by atoms with E-state index in [1.807, 2.05) is 10.8 Å². The van der Waals surface area contributed by atoms with Gasteiger partial charge < -0.3 is 5.32 Å². The highest BCUT2D eigenvalue weighted by Gasteiger charge is 2.32. The summed E-state index contributed by atoms with van der Waals surface area (Å²) in [7, 11) is -4.24. The molecule has 10 heteroatoms. The van der Waals surface area contributed by atoms with Gasteiger partial charge in [0.05, 0.1) is 27.8 Å². The van der Waals surface area contributed by atoms with Crippen LogP contribution in [0.5, 0.6) is 0 Å². The smallest absolute Gasteiger partial charge is 0.326 e. The number of amides is 1. The second-order valence-corrected chi connectivity index (χ2v) is 7.57. The molecule has 2 aromatic carbocycles. The number of nitriles is 1. The number of alkyl halides is 3. The highest BCUT2D eigenvalue weighted by atomic mass is 32.2. The highest BCUT2D eigenvalue weighted by molar-refractivity contribution is 7.92. The first-order chi connectivity index (χ1) is 13.5. The Morgan fingerprint density at radius 2 is 1.79 bits per heavy atom. The molecule has 0 bridgehead atoms. The summed E-state index contributed by atoms with van der Waals surface area (Å²) in [6, 6.07) is 11.0. The fourth-order valence-corrected chi connectivity index (χ4v) is 3.40. The SMILES string of the molecule is C=C(CCC#N)NC(=O)c1ccc(C(F)(F)F)cc1NS(=O)(=O)c1ccccc1. The largest absolute Gasteiger partial charge is 0.416 e. The summed E-state index contributed by atoms with van der Waals surface area (Å²) in [6.07, 6.45) is -4.51. The molecule has 1 amide bonds. The number of halogens is 3. The molecular weight excluding hydrogens is 407 g/mol. The van der Waals surface area contributed by atoms with Crippen LogP contribution in [0.3, 0.4) is 0 Å². The molecule has 0 aliphatic heterocycles. The van der Waals surface area contributed by atoms with E-state index in [0.29, 0.717) is 12.1 Å². The van der Waals surface area contributed by atoms with Crippen LogP contribution in [0, 0.1) is 11.3 Å². The van der Waals surface area contributed by atoms with Gasteiger partial charge in [-0.2, -0.15) is 18.4 Å². The van der Waals surface area contributed by atoms with Gasteiger partial charge in [0.15, 0.2) is 0 Å². The van der Waals surface area contributed by atoms with Gasteiger partial charge in [-0.25, -0.2) is 8.42 Å². The quantitative estimate of drug-likeness (QED) is 0.702. The third-order valence-corrected chi connectivity index (χ3v) is 5.10. The van der Waals surface area contributed by atoms with Crippen molar-refractivity contribution in [3.8, 4) is 6.07 Å². The second-order valence-electron chi connectivity index (χ2n) is 5.89. The summed E-state index contributed by atoms with van der Waals surface area (Å²) in [5.74, 6) is -0.854. The van der Waals surface area contributed by atoms with Crippen molar-refractivity contribution in [3.05, 3.63) is 71.9 Å². The average Bonchev–Trinajstić information content (AvgIpc) is 2.66. The number of sulfonamides is 1. The summed E-state index contributed by atoms with van der Waals surface area (Å²) in [4.78, 5) is 12.3. The third kappa shape index (κ3) is 5.83. The fourth-order valence-electron chi connectivity index (χ4n) is 2.30. The zero-order valence-electron chi connectivity index (χ0n) is 15.0. The molecule has 6 nitrogen and oxygen atoms in total. The summed E-state index contributed by atoms with van der Waals surface area (Å²) < 4.78 is 66.3. The molecule has 0 heterocycles. The lowest BCUT2D eigenvalue weighted by Crippen LogP contribution is -2.25. The zero-order valence-corrected chi connectivity index (χ0v) is 15.8. The molecule has 2 rings (SSSR count). The standard InChI is InChI=1S/C19H16F3N3O3S/c1-13(6-5-11-23)24-18(26)16-10-9-14(19(20,21)22)12-17(16)25-29(27,28)15-7-3-2-4-8-15/h2-4,7-10,12,25H,1,5-6H2,(H,24,26). The zero-order chi connectivity index (χ0) is 21.7. The fraction of sp³-hybridized carbons (Fsp3) is 0.158. The first kappa shape index (κ1) is 22.0. The van der Waals surface area contributed by atoms with E-state index in [2.05, 4.69) is 11.9 Å². The van der Waals surface area contributed by atoms with Crippen molar-refractivity contribution in [3.63, 3.8) is 0 Å². The molecule has 0 saturated carbocycles. The minimum absolute atomic E-state index is 0.0830. The second kappa shape index (κ2) is 8.79. The van der Waals surface area contributed by atoms with Crippen molar-refractivity contribution in [2.45, 2.75) is 23.9 Å². The Bertz CT molecular complexity index is 1060. The van der Waals surface area contributed by atoms with Crippen molar-refractivity contribution < 1.29 is 26.4 Å². The Labute approximate surface area is 165 Å². The van der Waals surface area contributed by atoms with Crippen molar-refractivity contribution in [2.24, 2.45) is 0 Å². The topological polar surface area (TPSA) is 99.1 Å². The highest BCUT2D eigenvalue weighted by Crippen LogP contribution is 2.33. The number of carbonyl (C=O) groups excluding carboxylic acids is 1. The van der Waals surface area contributed by atoms with Crippen LogP contribution >= 0.6 is 0 Å². The molecule has 0 unspecified atom stereocenters. The number of rotatable bonds is 7. The van der Waals surface area contributed by atoms with Crippen molar-refractivity contribution in [1.29, 1.82) is 5.26 Å². The Balaban J connectivity index is 2.43. The Morgan fingerprint density at radius 1 is 1.14 bits per heavy atom. The lowest BCUT2D eigenvalue weighted by Gasteiger charge is -2.16. The Kier molecular flexibility index (Phi) is 6.66. The van der Waals surface area contributed by atoms with Crippen LogP contribution in [-0.4, -0.2) is 14.3 Å². The van der Waals surface area contributed by atoms with Gasteiger partial charge in [0, 0.05) is 12.1 Å². The van der Waals surface area contributed by atoms with E-state index in [-0.39, 0.29) is 29.0 Å². The molecule has 0 atom stereocenters.